The van der Waals surface area contributed by atoms with Gasteiger partial charge in [-0.2, -0.15) is 4.58 Å². The molecule has 0 saturated heterocycles. The number of ether oxygens (including phenoxy) is 2. The molecule has 0 radical (unpaired) electrons. The lowest BCUT2D eigenvalue weighted by atomic mass is 9.75. The Labute approximate surface area is 359 Å². The number of allylic oxidation sites excluding steroid dienone is 4. The average Bonchev–Trinajstić information content (AvgIpc) is 3.52. The highest BCUT2D eigenvalue weighted by molar-refractivity contribution is 7.91. The van der Waals surface area contributed by atoms with Gasteiger partial charge in [-0.3, -0.25) is 4.79 Å². The molecule has 17 nitrogen and oxygen atoms in total. The SMILES string of the molecule is COCCCS(=O)(=O)c1ccc2c(c1)C(C)(CCCS(=O)(=O)[O-])/C(=C\C=C\C1=[N+](CCCCCC(=O)O)c3ccc(S(=O)(=O)[O-])cc3C1(C)CCCS(=O)(=O)[O-])N2CCOC. The second-order valence-electron chi connectivity index (χ2n) is 15.7. The van der Waals surface area contributed by atoms with E-state index >= 15 is 0 Å². The van der Waals surface area contributed by atoms with Crippen LogP contribution < -0.4 is 4.90 Å². The molecule has 2 aromatic carbocycles. The van der Waals surface area contributed by atoms with Crippen LogP contribution in [0.4, 0.5) is 11.4 Å². The van der Waals surface area contributed by atoms with Crippen LogP contribution in [-0.2, 0) is 65.3 Å². The first-order valence-corrected chi connectivity index (χ1v) is 26.0. The third-order valence-electron chi connectivity index (χ3n) is 11.3. The number of nitrogens with zero attached hydrogens (tertiary/aromatic N) is 2. The van der Waals surface area contributed by atoms with Crippen LogP contribution in [-0.4, -0.2) is 126 Å². The van der Waals surface area contributed by atoms with Gasteiger partial charge in [0.1, 0.15) is 16.7 Å². The molecule has 2 aliphatic heterocycles. The molecule has 0 amide bonds. The molecule has 340 valence electrons. The minimum atomic E-state index is -4.93. The van der Waals surface area contributed by atoms with Gasteiger partial charge in [-0.25, -0.2) is 33.7 Å². The maximum atomic E-state index is 13.5. The van der Waals surface area contributed by atoms with Gasteiger partial charge < -0.3 is 33.1 Å². The van der Waals surface area contributed by atoms with Crippen molar-refractivity contribution < 1.29 is 71.3 Å². The van der Waals surface area contributed by atoms with Gasteiger partial charge in [0.05, 0.1) is 47.8 Å². The molecule has 2 atom stereocenters. The highest BCUT2D eigenvalue weighted by Gasteiger charge is 2.48. The zero-order valence-electron chi connectivity index (χ0n) is 34.7. The molecule has 0 aromatic heterocycles. The number of fused-ring (bicyclic) bond motifs is 2. The normalized spacial score (nSPS) is 20.2. The zero-order valence-corrected chi connectivity index (χ0v) is 38.0. The molecule has 2 aromatic rings. The molecular formula is C40H54N2O15S4-2. The summed E-state index contributed by atoms with van der Waals surface area (Å²) in [5.41, 5.74) is 1.13. The molecule has 0 bridgehead atoms. The number of hydrogen-bond donors (Lipinski definition) is 1. The van der Waals surface area contributed by atoms with E-state index in [4.69, 9.17) is 14.6 Å². The number of sulfone groups is 1. The number of aliphatic carboxylic acids is 1. The summed E-state index contributed by atoms with van der Waals surface area (Å²) in [6.07, 6.45) is 6.83. The van der Waals surface area contributed by atoms with Crippen LogP contribution in [0, 0.1) is 0 Å². The predicted octanol–water partition coefficient (Wildman–Crippen LogP) is 3.92. The van der Waals surface area contributed by atoms with Gasteiger partial charge in [-0.05, 0) is 101 Å². The molecule has 61 heavy (non-hydrogen) atoms. The Morgan fingerprint density at radius 1 is 0.754 bits per heavy atom. The van der Waals surface area contributed by atoms with E-state index in [1.807, 2.05) is 16.4 Å². The number of methoxy groups -OCH3 is 2. The fraction of sp³-hybridized carbons (Fsp3) is 0.550. The summed E-state index contributed by atoms with van der Waals surface area (Å²) in [5.74, 6) is -2.49. The van der Waals surface area contributed by atoms with Gasteiger partial charge >= 0.3 is 5.97 Å². The highest BCUT2D eigenvalue weighted by Crippen LogP contribution is 2.51. The van der Waals surface area contributed by atoms with Gasteiger partial charge in [-0.15, -0.1) is 0 Å². The Kier molecular flexibility index (Phi) is 16.7. The van der Waals surface area contributed by atoms with Crippen molar-refractivity contribution in [1.29, 1.82) is 0 Å². The largest absolute Gasteiger partial charge is 0.748 e. The monoisotopic (exact) mass is 930 g/mol. The Morgan fingerprint density at radius 2 is 1.36 bits per heavy atom. The number of carboxylic acids is 1. The number of anilines is 1. The van der Waals surface area contributed by atoms with Crippen LogP contribution >= 0.6 is 0 Å². The summed E-state index contributed by atoms with van der Waals surface area (Å²) in [6.45, 7) is 4.65. The number of carbonyl (C=O) groups is 1. The second kappa shape index (κ2) is 20.3. The smallest absolute Gasteiger partial charge is 0.303 e. The highest BCUT2D eigenvalue weighted by atomic mass is 32.2. The molecule has 0 fully saturated rings. The molecule has 0 aliphatic carbocycles. The van der Waals surface area contributed by atoms with Crippen LogP contribution in [0.25, 0.3) is 0 Å². The summed E-state index contributed by atoms with van der Waals surface area (Å²) >= 11 is 0. The third kappa shape index (κ3) is 12.8. The van der Waals surface area contributed by atoms with Crippen LogP contribution in [0.15, 0.2) is 70.1 Å². The fourth-order valence-corrected chi connectivity index (χ4v) is 11.1. The first-order valence-electron chi connectivity index (χ1n) is 19.7. The van der Waals surface area contributed by atoms with Crippen LogP contribution in [0.3, 0.4) is 0 Å². The van der Waals surface area contributed by atoms with Crippen molar-refractivity contribution >= 4 is 63.2 Å². The predicted molar refractivity (Wildman–Crippen MR) is 224 cm³/mol. The van der Waals surface area contributed by atoms with Gasteiger partial charge in [0.25, 0.3) is 0 Å². The van der Waals surface area contributed by atoms with Crippen molar-refractivity contribution in [2.45, 2.75) is 92.3 Å². The fourth-order valence-electron chi connectivity index (χ4n) is 8.27. The lowest BCUT2D eigenvalue weighted by Gasteiger charge is -2.30. The lowest BCUT2D eigenvalue weighted by molar-refractivity contribution is -0.438. The van der Waals surface area contributed by atoms with Gasteiger partial charge in [0, 0.05) is 86.2 Å². The molecule has 2 aliphatic rings. The van der Waals surface area contributed by atoms with E-state index in [9.17, 15) is 52.1 Å². The van der Waals surface area contributed by atoms with Crippen molar-refractivity contribution in [3.05, 3.63) is 71.5 Å². The molecular weight excluding hydrogens is 877 g/mol. The molecule has 1 N–H and O–H groups in total. The molecule has 2 heterocycles. The van der Waals surface area contributed by atoms with Crippen LogP contribution in [0.2, 0.25) is 0 Å². The molecule has 0 saturated carbocycles. The third-order valence-corrected chi connectivity index (χ3v) is 15.5. The summed E-state index contributed by atoms with van der Waals surface area (Å²) in [6, 6.07) is 8.68. The van der Waals surface area contributed by atoms with E-state index in [2.05, 4.69) is 0 Å². The van der Waals surface area contributed by atoms with E-state index in [1.165, 1.54) is 38.5 Å². The number of carboxylic acid groups (broad SMARTS) is 1. The van der Waals surface area contributed by atoms with E-state index in [1.54, 1.807) is 37.3 Å². The summed E-state index contributed by atoms with van der Waals surface area (Å²) in [5, 5.41) is 9.17. The van der Waals surface area contributed by atoms with Crippen molar-refractivity contribution in [2.24, 2.45) is 0 Å². The van der Waals surface area contributed by atoms with Crippen molar-refractivity contribution in [1.82, 2.24) is 0 Å². The number of unbranched alkanes of at least 4 members (excludes halogenated alkanes) is 2. The molecule has 0 spiro atoms. The first-order chi connectivity index (χ1) is 28.4. The average molecular weight is 931 g/mol. The Hall–Kier alpha value is -3.54. The Balaban J connectivity index is 1.93. The summed E-state index contributed by atoms with van der Waals surface area (Å²) in [4.78, 5) is 12.7. The van der Waals surface area contributed by atoms with Gasteiger partial charge in [-0.1, -0.05) is 6.08 Å². The lowest BCUT2D eigenvalue weighted by Crippen LogP contribution is -2.32. The first kappa shape index (κ1) is 50.1. The minimum absolute atomic E-state index is 0.0456. The van der Waals surface area contributed by atoms with Gasteiger partial charge in [0.15, 0.2) is 15.5 Å². The van der Waals surface area contributed by atoms with Gasteiger partial charge in [0.2, 0.25) is 5.69 Å². The van der Waals surface area contributed by atoms with E-state index in [0.29, 0.717) is 59.7 Å². The molecule has 21 heteroatoms. The number of rotatable bonds is 25. The number of hydrogen-bond acceptors (Lipinski definition) is 15. The van der Waals surface area contributed by atoms with E-state index in [-0.39, 0.29) is 68.9 Å². The van der Waals surface area contributed by atoms with Crippen LogP contribution in [0.5, 0.6) is 0 Å². The topological polar surface area (TPSA) is 268 Å². The summed E-state index contributed by atoms with van der Waals surface area (Å²) in [7, 11) is -15.0. The van der Waals surface area contributed by atoms with Crippen molar-refractivity contribution in [2.75, 3.05) is 62.7 Å². The Morgan fingerprint density at radius 3 is 1.95 bits per heavy atom. The van der Waals surface area contributed by atoms with E-state index < -0.39 is 73.4 Å². The quantitative estimate of drug-likeness (QED) is 0.0840. The van der Waals surface area contributed by atoms with E-state index in [0.717, 1.165) is 0 Å². The standard InChI is InChI=1S/C40H56N2O15S4/c1-39(19-9-26-59(47,48)49)32-28-30(58(45,46)25-11-23-56-3)15-17-35(32)42(22-24-57-4)37(39)13-8-12-36-40(2,20-10-27-60(50,51)52)33-29-31(61(53,54)55)16-18-34(33)41(36)21-7-5-6-14-38(43)44/h8,12-13,15-18,28-29H,5-7,9-11,14,19-27H2,1-4H3,(H3-,43,44,47,48,49,50,51,52,53,54,55)/p-2. The molecule has 4 rings (SSSR count). The number of benzene rings is 2. The van der Waals surface area contributed by atoms with Crippen molar-refractivity contribution in [3.63, 3.8) is 0 Å². The summed E-state index contributed by atoms with van der Waals surface area (Å²) < 4.78 is 146. The van der Waals surface area contributed by atoms with Crippen LogP contribution in [0.1, 0.15) is 82.8 Å². The molecule has 2 unspecified atom stereocenters. The second-order valence-corrected chi connectivity index (χ2v) is 22.2. The minimum Gasteiger partial charge on any atom is -0.748 e. The maximum absolute atomic E-state index is 13.5. The zero-order chi connectivity index (χ0) is 45.4. The Bertz CT molecular complexity index is 2480. The van der Waals surface area contributed by atoms with Crippen molar-refractivity contribution in [3.8, 4) is 0 Å². The maximum Gasteiger partial charge on any atom is 0.303 e.